The van der Waals surface area contributed by atoms with Crippen LogP contribution in [0.3, 0.4) is 0 Å². The van der Waals surface area contributed by atoms with E-state index in [4.69, 9.17) is 14.2 Å². The van der Waals surface area contributed by atoms with Gasteiger partial charge in [0.25, 0.3) is 0 Å². The molecule has 2 aromatic rings. The Morgan fingerprint density at radius 3 is 2.18 bits per heavy atom. The first-order valence-corrected chi connectivity index (χ1v) is 9.83. The molecule has 1 N–H and O–H groups in total. The van der Waals surface area contributed by atoms with Crippen molar-refractivity contribution in [3.63, 3.8) is 0 Å². The van der Waals surface area contributed by atoms with Crippen molar-refractivity contribution in [1.29, 1.82) is 0 Å². The van der Waals surface area contributed by atoms with Gasteiger partial charge in [0.05, 0.1) is 32.8 Å². The Bertz CT molecular complexity index is 913. The van der Waals surface area contributed by atoms with Crippen LogP contribution in [0, 0.1) is 0 Å². The number of likely N-dealkylation sites (N-methyl/N-ethyl adjacent to an activating group) is 1. The van der Waals surface area contributed by atoms with Gasteiger partial charge in [-0.1, -0.05) is 12.1 Å². The standard InChI is InChI=1S/C19H24N2O6S/c1-21(13-19(22)20-12-14-5-7-15(25-2)8-6-14)28(23,24)16-9-10-17(26-3)18(11-16)27-4/h5-11H,12-13H2,1-4H3,(H,20,22). The fraction of sp³-hybridized carbons (Fsp3) is 0.316. The first-order valence-electron chi connectivity index (χ1n) is 8.39. The lowest BCUT2D eigenvalue weighted by molar-refractivity contribution is -0.121. The molecule has 0 bridgehead atoms. The Balaban J connectivity index is 2.01. The van der Waals surface area contributed by atoms with Gasteiger partial charge in [-0.15, -0.1) is 0 Å². The van der Waals surface area contributed by atoms with E-state index < -0.39 is 15.9 Å². The summed E-state index contributed by atoms with van der Waals surface area (Å²) in [6.45, 7) is -0.0279. The minimum absolute atomic E-state index is 0.00982. The van der Waals surface area contributed by atoms with Crippen molar-refractivity contribution < 1.29 is 27.4 Å². The molecule has 0 saturated carbocycles. The number of benzene rings is 2. The molecule has 2 rings (SSSR count). The predicted octanol–water partition coefficient (Wildman–Crippen LogP) is 1.65. The number of carbonyl (C=O) groups excluding carboxylic acids is 1. The highest BCUT2D eigenvalue weighted by Gasteiger charge is 2.24. The fourth-order valence-corrected chi connectivity index (χ4v) is 3.59. The van der Waals surface area contributed by atoms with Gasteiger partial charge in [-0.05, 0) is 29.8 Å². The average Bonchev–Trinajstić information content (AvgIpc) is 2.71. The molecule has 0 atom stereocenters. The lowest BCUT2D eigenvalue weighted by Crippen LogP contribution is -2.38. The number of amides is 1. The van der Waals surface area contributed by atoms with Crippen LogP contribution in [0.1, 0.15) is 5.56 Å². The summed E-state index contributed by atoms with van der Waals surface area (Å²) in [7, 11) is 1.94. The Morgan fingerprint density at radius 2 is 1.61 bits per heavy atom. The maximum Gasteiger partial charge on any atom is 0.243 e. The lowest BCUT2D eigenvalue weighted by Gasteiger charge is -2.18. The summed E-state index contributed by atoms with van der Waals surface area (Å²) >= 11 is 0. The topological polar surface area (TPSA) is 94.2 Å². The molecule has 0 aliphatic heterocycles. The van der Waals surface area contributed by atoms with Crippen LogP contribution < -0.4 is 19.5 Å². The molecule has 2 aromatic carbocycles. The van der Waals surface area contributed by atoms with Gasteiger partial charge in [0.2, 0.25) is 15.9 Å². The van der Waals surface area contributed by atoms with Crippen molar-refractivity contribution in [3.05, 3.63) is 48.0 Å². The van der Waals surface area contributed by atoms with Crippen molar-refractivity contribution in [2.75, 3.05) is 34.9 Å². The van der Waals surface area contributed by atoms with Gasteiger partial charge in [-0.2, -0.15) is 4.31 Å². The molecule has 8 nitrogen and oxygen atoms in total. The largest absolute Gasteiger partial charge is 0.497 e. The van der Waals surface area contributed by atoms with Crippen molar-refractivity contribution in [2.24, 2.45) is 0 Å². The molecule has 0 spiro atoms. The summed E-state index contributed by atoms with van der Waals surface area (Å²) < 4.78 is 41.7. The number of hydrogen-bond donors (Lipinski definition) is 1. The van der Waals surface area contributed by atoms with Crippen LogP contribution in [0.5, 0.6) is 17.2 Å². The molecule has 0 aromatic heterocycles. The molecule has 0 saturated heterocycles. The van der Waals surface area contributed by atoms with Crippen molar-refractivity contribution in [3.8, 4) is 17.2 Å². The number of sulfonamides is 1. The molecule has 28 heavy (non-hydrogen) atoms. The number of carbonyl (C=O) groups is 1. The van der Waals surface area contributed by atoms with Crippen LogP contribution in [-0.2, 0) is 21.4 Å². The second-order valence-electron chi connectivity index (χ2n) is 5.90. The Morgan fingerprint density at radius 1 is 0.964 bits per heavy atom. The number of methoxy groups -OCH3 is 3. The summed E-state index contributed by atoms with van der Waals surface area (Å²) in [6, 6.07) is 11.5. The van der Waals surface area contributed by atoms with E-state index in [1.54, 1.807) is 19.2 Å². The fourth-order valence-electron chi connectivity index (χ4n) is 2.44. The van der Waals surface area contributed by atoms with E-state index in [1.165, 1.54) is 39.5 Å². The summed E-state index contributed by atoms with van der Waals surface area (Å²) in [5, 5.41) is 2.70. The SMILES string of the molecule is COc1ccc(CNC(=O)CN(C)S(=O)(=O)c2ccc(OC)c(OC)c2)cc1. The lowest BCUT2D eigenvalue weighted by atomic mass is 10.2. The van der Waals surface area contributed by atoms with Crippen molar-refractivity contribution in [2.45, 2.75) is 11.4 Å². The van der Waals surface area contributed by atoms with Crippen LogP contribution in [0.4, 0.5) is 0 Å². The second-order valence-corrected chi connectivity index (χ2v) is 7.95. The van der Waals surface area contributed by atoms with Crippen LogP contribution in [0.2, 0.25) is 0 Å². The normalized spacial score (nSPS) is 11.2. The predicted molar refractivity (Wildman–Crippen MR) is 104 cm³/mol. The van der Waals surface area contributed by atoms with Gasteiger partial charge in [-0.3, -0.25) is 4.79 Å². The molecular formula is C19H24N2O6S. The van der Waals surface area contributed by atoms with E-state index in [-0.39, 0.29) is 18.0 Å². The number of nitrogens with one attached hydrogen (secondary N) is 1. The van der Waals surface area contributed by atoms with Gasteiger partial charge in [0.1, 0.15) is 5.75 Å². The monoisotopic (exact) mass is 408 g/mol. The molecule has 0 fully saturated rings. The Labute approximate surface area is 165 Å². The molecule has 0 heterocycles. The molecule has 9 heteroatoms. The van der Waals surface area contributed by atoms with Gasteiger partial charge in [-0.25, -0.2) is 8.42 Å². The first-order chi connectivity index (χ1) is 13.3. The smallest absolute Gasteiger partial charge is 0.243 e. The number of rotatable bonds is 9. The molecule has 0 radical (unpaired) electrons. The molecule has 0 unspecified atom stereocenters. The highest BCUT2D eigenvalue weighted by Crippen LogP contribution is 2.30. The minimum Gasteiger partial charge on any atom is -0.497 e. The zero-order valence-corrected chi connectivity index (χ0v) is 17.1. The van der Waals surface area contributed by atoms with Crippen LogP contribution in [0.15, 0.2) is 47.4 Å². The average molecular weight is 408 g/mol. The zero-order valence-electron chi connectivity index (χ0n) is 16.3. The van der Waals surface area contributed by atoms with E-state index in [9.17, 15) is 13.2 Å². The van der Waals surface area contributed by atoms with Gasteiger partial charge in [0.15, 0.2) is 11.5 Å². The Hall–Kier alpha value is -2.78. The van der Waals surface area contributed by atoms with Crippen LogP contribution in [0.25, 0.3) is 0 Å². The van der Waals surface area contributed by atoms with Gasteiger partial charge in [0, 0.05) is 19.7 Å². The maximum atomic E-state index is 12.7. The van der Waals surface area contributed by atoms with Crippen LogP contribution in [-0.4, -0.2) is 53.6 Å². The number of hydrogen-bond acceptors (Lipinski definition) is 6. The summed E-state index contributed by atoms with van der Waals surface area (Å²) in [4.78, 5) is 12.2. The van der Waals surface area contributed by atoms with E-state index >= 15 is 0 Å². The van der Waals surface area contributed by atoms with E-state index in [0.29, 0.717) is 11.5 Å². The summed E-state index contributed by atoms with van der Waals surface area (Å²) in [5.41, 5.74) is 0.875. The molecular weight excluding hydrogens is 384 g/mol. The highest BCUT2D eigenvalue weighted by molar-refractivity contribution is 7.89. The number of ether oxygens (including phenoxy) is 3. The van der Waals surface area contributed by atoms with Gasteiger partial charge < -0.3 is 19.5 Å². The summed E-state index contributed by atoms with van der Waals surface area (Å²) in [5.74, 6) is 1.01. The van der Waals surface area contributed by atoms with E-state index in [1.807, 2.05) is 12.1 Å². The molecule has 152 valence electrons. The zero-order chi connectivity index (χ0) is 20.7. The quantitative estimate of drug-likeness (QED) is 0.678. The van der Waals surface area contributed by atoms with E-state index in [0.717, 1.165) is 15.6 Å². The third kappa shape index (κ3) is 5.14. The molecule has 1 amide bonds. The van der Waals surface area contributed by atoms with Crippen molar-refractivity contribution >= 4 is 15.9 Å². The molecule has 0 aliphatic rings. The van der Waals surface area contributed by atoms with Gasteiger partial charge >= 0.3 is 0 Å². The van der Waals surface area contributed by atoms with Crippen molar-refractivity contribution in [1.82, 2.24) is 9.62 Å². The van der Waals surface area contributed by atoms with E-state index in [2.05, 4.69) is 5.32 Å². The van der Waals surface area contributed by atoms with Crippen LogP contribution >= 0.6 is 0 Å². The Kier molecular flexibility index (Phi) is 7.24. The summed E-state index contributed by atoms with van der Waals surface area (Å²) in [6.07, 6.45) is 0. The number of nitrogens with zero attached hydrogens (tertiary/aromatic N) is 1. The third-order valence-corrected chi connectivity index (χ3v) is 5.88. The molecule has 0 aliphatic carbocycles. The highest BCUT2D eigenvalue weighted by atomic mass is 32.2. The minimum atomic E-state index is -3.86. The third-order valence-electron chi connectivity index (χ3n) is 4.08. The second kappa shape index (κ2) is 9.43. The maximum absolute atomic E-state index is 12.7. The first kappa shape index (κ1) is 21.5.